The summed E-state index contributed by atoms with van der Waals surface area (Å²) in [4.78, 5) is 29.5. The number of aromatic hydroxyl groups is 1. The second-order valence-electron chi connectivity index (χ2n) is 9.83. The van der Waals surface area contributed by atoms with E-state index < -0.39 is 28.6 Å². The van der Waals surface area contributed by atoms with Crippen LogP contribution in [0.1, 0.15) is 5.56 Å². The van der Waals surface area contributed by atoms with Gasteiger partial charge in [0.2, 0.25) is 0 Å². The van der Waals surface area contributed by atoms with Crippen LogP contribution >= 0.6 is 11.8 Å². The van der Waals surface area contributed by atoms with Gasteiger partial charge in [0.15, 0.2) is 11.3 Å². The molecule has 0 saturated carbocycles. The molecular formula is C31H26F2N2O6S. The maximum atomic E-state index is 14.0. The molecule has 1 aliphatic rings. The van der Waals surface area contributed by atoms with E-state index in [0.29, 0.717) is 53.5 Å². The van der Waals surface area contributed by atoms with Crippen LogP contribution in [0.15, 0.2) is 90.5 Å². The van der Waals surface area contributed by atoms with Gasteiger partial charge in [-0.2, -0.15) is 0 Å². The summed E-state index contributed by atoms with van der Waals surface area (Å²) in [6, 6.07) is 16.2. The molecule has 1 N–H and O–H groups in total. The van der Waals surface area contributed by atoms with Crippen LogP contribution in [-0.2, 0) is 11.3 Å². The third-order valence-corrected chi connectivity index (χ3v) is 8.16. The van der Waals surface area contributed by atoms with Gasteiger partial charge in [-0.05, 0) is 54.1 Å². The molecule has 0 spiro atoms. The summed E-state index contributed by atoms with van der Waals surface area (Å²) >= 11 is 0.869. The quantitative estimate of drug-likeness (QED) is 0.252. The van der Waals surface area contributed by atoms with Gasteiger partial charge in [-0.25, -0.2) is 13.6 Å². The standard InChI is InChI=1S/C31H26F2N2O6S/c32-20-3-1-19(2-4-20)18-35-25-17-22(40-16-13-34-11-14-39-15-12-34)7-10-24(25)28-26(30(35)37)27(36)29(31(38)41-28)42-23-8-5-21(33)6-9-23/h1-10,17,36H,11-16,18H2. The lowest BCUT2D eigenvalue weighted by atomic mass is 10.1. The van der Waals surface area contributed by atoms with Gasteiger partial charge in [0.25, 0.3) is 5.56 Å². The lowest BCUT2D eigenvalue weighted by molar-refractivity contribution is 0.0322. The van der Waals surface area contributed by atoms with E-state index in [2.05, 4.69) is 4.90 Å². The van der Waals surface area contributed by atoms with Crippen molar-refractivity contribution >= 4 is 33.6 Å². The SMILES string of the molecule is O=c1oc2c(c(O)c1Sc1ccc(F)cc1)c(=O)n(Cc1ccc(F)cc1)c1cc(OCCN3CCOCC3)ccc21. The third-order valence-electron chi connectivity index (χ3n) is 7.09. The monoisotopic (exact) mass is 592 g/mol. The van der Waals surface area contributed by atoms with Gasteiger partial charge in [-0.1, -0.05) is 23.9 Å². The average molecular weight is 593 g/mol. The molecule has 42 heavy (non-hydrogen) atoms. The Morgan fingerprint density at radius 3 is 2.33 bits per heavy atom. The van der Waals surface area contributed by atoms with Gasteiger partial charge in [0.05, 0.1) is 25.3 Å². The maximum Gasteiger partial charge on any atom is 0.354 e. The van der Waals surface area contributed by atoms with E-state index in [-0.39, 0.29) is 22.4 Å². The molecule has 2 aromatic heterocycles. The first-order valence-corrected chi connectivity index (χ1v) is 14.2. The predicted molar refractivity (Wildman–Crippen MR) is 155 cm³/mol. The number of rotatable bonds is 8. The molecule has 0 amide bonds. The average Bonchev–Trinajstić information content (AvgIpc) is 2.99. The van der Waals surface area contributed by atoms with Crippen molar-refractivity contribution < 1.29 is 27.8 Å². The highest BCUT2D eigenvalue weighted by Crippen LogP contribution is 2.37. The fourth-order valence-corrected chi connectivity index (χ4v) is 5.75. The predicted octanol–water partition coefficient (Wildman–Crippen LogP) is 5.00. The Morgan fingerprint density at radius 1 is 0.929 bits per heavy atom. The molecule has 8 nitrogen and oxygen atoms in total. The minimum atomic E-state index is -0.836. The van der Waals surface area contributed by atoms with Crippen LogP contribution in [0.25, 0.3) is 21.9 Å². The van der Waals surface area contributed by atoms with Gasteiger partial charge < -0.3 is 23.6 Å². The molecule has 3 aromatic carbocycles. The molecule has 0 radical (unpaired) electrons. The molecule has 5 aromatic rings. The largest absolute Gasteiger partial charge is 0.505 e. The molecule has 1 saturated heterocycles. The highest BCUT2D eigenvalue weighted by atomic mass is 32.2. The van der Waals surface area contributed by atoms with Gasteiger partial charge in [-0.3, -0.25) is 9.69 Å². The van der Waals surface area contributed by atoms with Crippen LogP contribution in [0.2, 0.25) is 0 Å². The van der Waals surface area contributed by atoms with Crippen LogP contribution in [0.5, 0.6) is 11.5 Å². The van der Waals surface area contributed by atoms with Crippen molar-refractivity contribution in [3.05, 3.63) is 105 Å². The molecule has 0 unspecified atom stereocenters. The molecule has 1 fully saturated rings. The van der Waals surface area contributed by atoms with E-state index in [1.165, 1.54) is 41.0 Å². The zero-order valence-corrected chi connectivity index (χ0v) is 23.2. The minimum Gasteiger partial charge on any atom is -0.505 e. The van der Waals surface area contributed by atoms with Crippen molar-refractivity contribution in [3.8, 4) is 11.5 Å². The van der Waals surface area contributed by atoms with Gasteiger partial charge >= 0.3 is 5.63 Å². The number of hydrogen-bond acceptors (Lipinski definition) is 8. The van der Waals surface area contributed by atoms with Crippen LogP contribution in [0.4, 0.5) is 8.78 Å². The second kappa shape index (κ2) is 12.0. The van der Waals surface area contributed by atoms with Crippen molar-refractivity contribution in [2.45, 2.75) is 16.3 Å². The van der Waals surface area contributed by atoms with E-state index in [1.807, 2.05) is 0 Å². The van der Waals surface area contributed by atoms with Crippen molar-refractivity contribution in [2.24, 2.45) is 0 Å². The Kier molecular flexibility index (Phi) is 7.96. The first-order valence-electron chi connectivity index (χ1n) is 13.3. The maximum absolute atomic E-state index is 14.0. The van der Waals surface area contributed by atoms with E-state index in [1.54, 1.807) is 30.3 Å². The smallest absolute Gasteiger partial charge is 0.354 e. The molecule has 0 atom stereocenters. The topological polar surface area (TPSA) is 94.1 Å². The molecule has 1 aliphatic heterocycles. The fraction of sp³-hybridized carbons (Fsp3) is 0.226. The lowest BCUT2D eigenvalue weighted by Gasteiger charge is -2.26. The van der Waals surface area contributed by atoms with E-state index in [9.17, 15) is 23.5 Å². The fourth-order valence-electron chi connectivity index (χ4n) is 4.91. The summed E-state index contributed by atoms with van der Waals surface area (Å²) in [5.41, 5.74) is -0.430. The molecule has 3 heterocycles. The normalized spacial score (nSPS) is 14.0. The van der Waals surface area contributed by atoms with Crippen LogP contribution < -0.4 is 15.9 Å². The number of nitrogens with zero attached hydrogens (tertiary/aromatic N) is 2. The number of morpholine rings is 1. The highest BCUT2D eigenvalue weighted by molar-refractivity contribution is 7.99. The summed E-state index contributed by atoms with van der Waals surface area (Å²) < 4.78 is 45.5. The van der Waals surface area contributed by atoms with Crippen LogP contribution in [0, 0.1) is 11.6 Å². The Labute approximate surface area is 242 Å². The number of hydrogen-bond donors (Lipinski definition) is 1. The van der Waals surface area contributed by atoms with Crippen LogP contribution in [-0.4, -0.2) is 54.0 Å². The molecule has 11 heteroatoms. The Hall–Kier alpha value is -4.19. The Bertz CT molecular complexity index is 1870. The summed E-state index contributed by atoms with van der Waals surface area (Å²) in [6.07, 6.45) is 0. The van der Waals surface area contributed by atoms with E-state index in [4.69, 9.17) is 13.9 Å². The van der Waals surface area contributed by atoms with Crippen LogP contribution in [0.3, 0.4) is 0 Å². The van der Waals surface area contributed by atoms with Crippen molar-refractivity contribution in [1.82, 2.24) is 9.47 Å². The summed E-state index contributed by atoms with van der Waals surface area (Å²) in [7, 11) is 0. The molecular weight excluding hydrogens is 566 g/mol. The molecule has 0 aliphatic carbocycles. The van der Waals surface area contributed by atoms with E-state index in [0.717, 1.165) is 24.9 Å². The number of halogens is 2. The summed E-state index contributed by atoms with van der Waals surface area (Å²) in [5.74, 6) is -0.875. The Balaban J connectivity index is 1.45. The number of ether oxygens (including phenoxy) is 2. The number of aromatic nitrogens is 1. The first kappa shape index (κ1) is 28.0. The second-order valence-corrected chi connectivity index (χ2v) is 10.9. The molecule has 216 valence electrons. The number of fused-ring (bicyclic) bond motifs is 3. The molecule has 0 bridgehead atoms. The van der Waals surface area contributed by atoms with Crippen molar-refractivity contribution in [2.75, 3.05) is 39.5 Å². The third kappa shape index (κ3) is 5.76. The molecule has 6 rings (SSSR count). The van der Waals surface area contributed by atoms with Gasteiger partial charge in [0, 0.05) is 36.0 Å². The van der Waals surface area contributed by atoms with Crippen molar-refractivity contribution in [3.63, 3.8) is 0 Å². The summed E-state index contributed by atoms with van der Waals surface area (Å²) in [5, 5.41) is 11.5. The van der Waals surface area contributed by atoms with Gasteiger partial charge in [-0.15, -0.1) is 0 Å². The number of benzene rings is 3. The Morgan fingerprint density at radius 2 is 1.62 bits per heavy atom. The summed E-state index contributed by atoms with van der Waals surface area (Å²) in [6.45, 7) is 4.20. The van der Waals surface area contributed by atoms with E-state index >= 15 is 0 Å². The van der Waals surface area contributed by atoms with Crippen molar-refractivity contribution in [1.29, 1.82) is 0 Å². The van der Waals surface area contributed by atoms with Gasteiger partial charge in [0.1, 0.15) is 34.3 Å². The zero-order chi connectivity index (χ0) is 29.2. The highest BCUT2D eigenvalue weighted by Gasteiger charge is 2.23. The minimum absolute atomic E-state index is 0.0573. The number of pyridine rings is 1. The first-order chi connectivity index (χ1) is 20.4. The zero-order valence-electron chi connectivity index (χ0n) is 22.3. The lowest BCUT2D eigenvalue weighted by Crippen LogP contribution is -2.38.